The lowest BCUT2D eigenvalue weighted by molar-refractivity contribution is 0.0942. The zero-order chi connectivity index (χ0) is 20.3. The highest BCUT2D eigenvalue weighted by molar-refractivity contribution is 9.10. The number of benzene rings is 1. The number of aromatic nitrogens is 2. The van der Waals surface area contributed by atoms with Gasteiger partial charge in [0.15, 0.2) is 0 Å². The predicted molar refractivity (Wildman–Crippen MR) is 119 cm³/mol. The number of carbonyl (C=O) groups excluding carboxylic acids is 1. The van der Waals surface area contributed by atoms with Crippen LogP contribution >= 0.6 is 27.3 Å². The Morgan fingerprint density at radius 1 is 1.39 bits per heavy atom. The maximum atomic E-state index is 12.9. The van der Waals surface area contributed by atoms with Crippen molar-refractivity contribution in [2.45, 2.75) is 32.7 Å². The number of amides is 1. The Kier molecular flexibility index (Phi) is 6.69. The first kappa shape index (κ1) is 20.8. The molecule has 0 bridgehead atoms. The fourth-order valence-electron chi connectivity index (χ4n) is 3.27. The second-order valence-electron chi connectivity index (χ2n) is 6.80. The number of halogens is 1. The molecule has 7 heteroatoms. The molecule has 28 heavy (non-hydrogen) atoms. The SMILES string of the molecule is CCc1sc(C(=O)N[C@H](CN)Cc2ccccc2C)cc1-c1c(Br)cnn1C. The summed E-state index contributed by atoms with van der Waals surface area (Å²) in [6.07, 6.45) is 3.36. The molecule has 3 N–H and O–H groups in total. The normalized spacial score (nSPS) is 12.2. The Morgan fingerprint density at radius 3 is 2.75 bits per heavy atom. The number of nitrogens with zero attached hydrogens (tertiary/aromatic N) is 2. The average molecular weight is 461 g/mol. The molecule has 0 aliphatic heterocycles. The molecule has 2 aromatic heterocycles. The zero-order valence-corrected chi connectivity index (χ0v) is 18.7. The molecule has 1 amide bonds. The first-order chi connectivity index (χ1) is 13.4. The number of nitrogens with two attached hydrogens (primary N) is 1. The minimum atomic E-state index is -0.104. The molecule has 5 nitrogen and oxygen atoms in total. The van der Waals surface area contributed by atoms with Crippen LogP contribution in [0.4, 0.5) is 0 Å². The maximum Gasteiger partial charge on any atom is 0.261 e. The third kappa shape index (κ3) is 4.37. The van der Waals surface area contributed by atoms with Crippen LogP contribution in [0.5, 0.6) is 0 Å². The van der Waals surface area contributed by atoms with Gasteiger partial charge in [0.2, 0.25) is 0 Å². The van der Waals surface area contributed by atoms with Gasteiger partial charge in [-0.15, -0.1) is 11.3 Å². The first-order valence-electron chi connectivity index (χ1n) is 9.30. The number of nitrogens with one attached hydrogen (secondary N) is 1. The van der Waals surface area contributed by atoms with Gasteiger partial charge in [0.1, 0.15) is 0 Å². The molecule has 0 spiro atoms. The van der Waals surface area contributed by atoms with E-state index in [1.165, 1.54) is 22.5 Å². The van der Waals surface area contributed by atoms with E-state index in [2.05, 4.69) is 52.3 Å². The third-order valence-corrected chi connectivity index (χ3v) is 6.71. The van der Waals surface area contributed by atoms with E-state index in [1.807, 2.05) is 29.9 Å². The lowest BCUT2D eigenvalue weighted by Gasteiger charge is -2.17. The minimum absolute atomic E-state index is 0.0757. The molecule has 0 aliphatic rings. The summed E-state index contributed by atoms with van der Waals surface area (Å²) in [5, 5.41) is 7.41. The van der Waals surface area contributed by atoms with E-state index in [4.69, 9.17) is 5.73 Å². The molecule has 3 aromatic rings. The molecule has 0 radical (unpaired) electrons. The molecule has 148 valence electrons. The van der Waals surface area contributed by atoms with Crippen molar-refractivity contribution < 1.29 is 4.79 Å². The van der Waals surface area contributed by atoms with Gasteiger partial charge in [-0.25, -0.2) is 0 Å². The van der Waals surface area contributed by atoms with Crippen LogP contribution < -0.4 is 11.1 Å². The van der Waals surface area contributed by atoms with Gasteiger partial charge < -0.3 is 11.1 Å². The predicted octanol–water partition coefficient (Wildman–Crippen LogP) is 4.08. The summed E-state index contributed by atoms with van der Waals surface area (Å²) in [6, 6.07) is 10.1. The molecule has 0 saturated carbocycles. The van der Waals surface area contributed by atoms with Crippen LogP contribution in [-0.4, -0.2) is 28.3 Å². The van der Waals surface area contributed by atoms with Gasteiger partial charge in [-0.1, -0.05) is 31.2 Å². The molecule has 1 atom stereocenters. The van der Waals surface area contributed by atoms with Gasteiger partial charge in [-0.3, -0.25) is 9.48 Å². The summed E-state index contributed by atoms with van der Waals surface area (Å²) >= 11 is 5.09. The molecule has 0 unspecified atom stereocenters. The number of hydrogen-bond acceptors (Lipinski definition) is 4. The molecule has 0 fully saturated rings. The molecular formula is C21H25BrN4OS. The van der Waals surface area contributed by atoms with E-state index in [9.17, 15) is 4.79 Å². The van der Waals surface area contributed by atoms with Gasteiger partial charge in [0, 0.05) is 30.1 Å². The van der Waals surface area contributed by atoms with Crippen molar-refractivity contribution >= 4 is 33.2 Å². The van der Waals surface area contributed by atoms with Crippen LogP contribution in [-0.2, 0) is 19.9 Å². The quantitative estimate of drug-likeness (QED) is 0.557. The monoisotopic (exact) mass is 460 g/mol. The lowest BCUT2D eigenvalue weighted by atomic mass is 10.0. The summed E-state index contributed by atoms with van der Waals surface area (Å²) in [5.74, 6) is -0.0757. The van der Waals surface area contributed by atoms with Crippen molar-refractivity contribution in [3.63, 3.8) is 0 Å². The summed E-state index contributed by atoms with van der Waals surface area (Å²) in [6.45, 7) is 4.57. The Bertz CT molecular complexity index is 959. The minimum Gasteiger partial charge on any atom is -0.347 e. The Morgan fingerprint density at radius 2 is 2.14 bits per heavy atom. The molecule has 2 heterocycles. The van der Waals surface area contributed by atoms with Crippen LogP contribution in [0.15, 0.2) is 41.0 Å². The van der Waals surface area contributed by atoms with Crippen LogP contribution in [0.3, 0.4) is 0 Å². The van der Waals surface area contributed by atoms with Crippen molar-refractivity contribution in [1.82, 2.24) is 15.1 Å². The third-order valence-electron chi connectivity index (χ3n) is 4.85. The van der Waals surface area contributed by atoms with E-state index < -0.39 is 0 Å². The zero-order valence-electron chi connectivity index (χ0n) is 16.3. The summed E-state index contributed by atoms with van der Waals surface area (Å²) in [7, 11) is 1.91. The second kappa shape index (κ2) is 9.03. The van der Waals surface area contributed by atoms with Crippen molar-refractivity contribution in [2.75, 3.05) is 6.54 Å². The molecule has 0 aliphatic carbocycles. The van der Waals surface area contributed by atoms with E-state index in [-0.39, 0.29) is 11.9 Å². The van der Waals surface area contributed by atoms with E-state index >= 15 is 0 Å². The molecule has 0 saturated heterocycles. The highest BCUT2D eigenvalue weighted by Gasteiger charge is 2.21. The van der Waals surface area contributed by atoms with Crippen molar-refractivity contribution in [2.24, 2.45) is 12.8 Å². The average Bonchev–Trinajstić information content (AvgIpc) is 3.25. The molecule has 3 rings (SSSR count). The smallest absolute Gasteiger partial charge is 0.261 e. The van der Waals surface area contributed by atoms with Gasteiger partial charge in [0.05, 0.1) is 21.2 Å². The fraction of sp³-hybridized carbons (Fsp3) is 0.333. The maximum absolute atomic E-state index is 12.9. The number of rotatable bonds is 7. The highest BCUT2D eigenvalue weighted by Crippen LogP contribution is 2.36. The highest BCUT2D eigenvalue weighted by atomic mass is 79.9. The van der Waals surface area contributed by atoms with Crippen LogP contribution in [0.25, 0.3) is 11.3 Å². The largest absolute Gasteiger partial charge is 0.347 e. The first-order valence-corrected chi connectivity index (χ1v) is 10.9. The van der Waals surface area contributed by atoms with Crippen molar-refractivity contribution in [1.29, 1.82) is 0 Å². The number of aryl methyl sites for hydroxylation is 3. The standard InChI is InChI=1S/C21H25BrN4OS/c1-4-18-16(20-17(22)12-24-26(20)3)10-19(28-18)21(27)25-15(11-23)9-14-8-6-5-7-13(14)2/h5-8,10,12,15H,4,9,11,23H2,1-3H3,(H,25,27)/t15-/m0/s1. The number of thiophene rings is 1. The Hall–Kier alpha value is -1.96. The summed E-state index contributed by atoms with van der Waals surface area (Å²) < 4.78 is 2.75. The fourth-order valence-corrected chi connectivity index (χ4v) is 4.84. The topological polar surface area (TPSA) is 72.9 Å². The Balaban J connectivity index is 1.81. The van der Waals surface area contributed by atoms with Crippen LogP contribution in [0.1, 0.15) is 32.6 Å². The van der Waals surface area contributed by atoms with E-state index in [0.717, 1.165) is 33.4 Å². The second-order valence-corrected chi connectivity index (χ2v) is 8.79. The van der Waals surface area contributed by atoms with Gasteiger partial charge in [0.25, 0.3) is 5.91 Å². The number of carbonyl (C=O) groups is 1. The Labute approximate surface area is 178 Å². The van der Waals surface area contributed by atoms with Crippen molar-refractivity contribution in [3.8, 4) is 11.3 Å². The number of hydrogen-bond donors (Lipinski definition) is 2. The van der Waals surface area contributed by atoms with Gasteiger partial charge >= 0.3 is 0 Å². The summed E-state index contributed by atoms with van der Waals surface area (Å²) in [4.78, 5) is 14.8. The van der Waals surface area contributed by atoms with Crippen LogP contribution in [0.2, 0.25) is 0 Å². The van der Waals surface area contributed by atoms with E-state index in [1.54, 1.807) is 6.20 Å². The van der Waals surface area contributed by atoms with Crippen molar-refractivity contribution in [3.05, 3.63) is 61.9 Å². The lowest BCUT2D eigenvalue weighted by Crippen LogP contribution is -2.41. The summed E-state index contributed by atoms with van der Waals surface area (Å²) in [5.41, 5.74) is 10.4. The van der Waals surface area contributed by atoms with Crippen LogP contribution in [0, 0.1) is 6.92 Å². The molecular weight excluding hydrogens is 436 g/mol. The van der Waals surface area contributed by atoms with Gasteiger partial charge in [-0.05, 0) is 52.9 Å². The molecule has 1 aromatic carbocycles. The van der Waals surface area contributed by atoms with E-state index in [0.29, 0.717) is 11.4 Å². The van der Waals surface area contributed by atoms with Gasteiger partial charge in [-0.2, -0.15) is 5.10 Å².